The Hall–Kier alpha value is -0.690. The van der Waals surface area contributed by atoms with Crippen molar-refractivity contribution in [1.29, 1.82) is 0 Å². The lowest BCUT2D eigenvalue weighted by atomic mass is 10.1. The van der Waals surface area contributed by atoms with Crippen LogP contribution in [0.25, 0.3) is 0 Å². The van der Waals surface area contributed by atoms with Crippen LogP contribution in [0.5, 0.6) is 0 Å². The minimum absolute atomic E-state index is 0.0966. The lowest BCUT2D eigenvalue weighted by Gasteiger charge is -2.35. The highest BCUT2D eigenvalue weighted by atomic mass is 16.5. The summed E-state index contributed by atoms with van der Waals surface area (Å²) in [4.78, 5) is 16.8. The minimum atomic E-state index is -0.0966. The van der Waals surface area contributed by atoms with Crippen LogP contribution in [0, 0.1) is 0 Å². The summed E-state index contributed by atoms with van der Waals surface area (Å²) in [6, 6.07) is 0.405. The molecule has 2 rings (SSSR count). The van der Waals surface area contributed by atoms with Crippen molar-refractivity contribution >= 4 is 5.91 Å². The molecule has 0 aromatic heterocycles. The zero-order chi connectivity index (χ0) is 15.1. The Kier molecular flexibility index (Phi) is 6.89. The summed E-state index contributed by atoms with van der Waals surface area (Å²) in [6.45, 7) is 8.21. The standard InChI is InChI=1S/C15H29N3O3/c1-13(15(19)17-7-10-21-11-8-17)18(6-9-20-2)12-14-4-3-5-16-14/h13-14,16H,3-12H2,1-2H3. The van der Waals surface area contributed by atoms with Crippen molar-refractivity contribution in [2.75, 3.05) is 59.7 Å². The number of amides is 1. The highest BCUT2D eigenvalue weighted by Gasteiger charge is 2.29. The van der Waals surface area contributed by atoms with E-state index in [0.717, 1.165) is 19.6 Å². The molecular formula is C15H29N3O3. The lowest BCUT2D eigenvalue weighted by Crippen LogP contribution is -2.53. The van der Waals surface area contributed by atoms with Gasteiger partial charge in [0, 0.05) is 39.3 Å². The van der Waals surface area contributed by atoms with Gasteiger partial charge in [-0.15, -0.1) is 0 Å². The Labute approximate surface area is 127 Å². The van der Waals surface area contributed by atoms with E-state index in [1.165, 1.54) is 12.8 Å². The summed E-state index contributed by atoms with van der Waals surface area (Å²) in [5, 5.41) is 3.51. The van der Waals surface area contributed by atoms with E-state index in [2.05, 4.69) is 10.2 Å². The van der Waals surface area contributed by atoms with Crippen molar-refractivity contribution in [3.05, 3.63) is 0 Å². The summed E-state index contributed by atoms with van der Waals surface area (Å²) < 4.78 is 10.5. The van der Waals surface area contributed by atoms with Gasteiger partial charge in [-0.1, -0.05) is 0 Å². The van der Waals surface area contributed by atoms with Crippen LogP contribution in [0.3, 0.4) is 0 Å². The van der Waals surface area contributed by atoms with E-state index in [-0.39, 0.29) is 11.9 Å². The molecule has 2 unspecified atom stereocenters. The molecular weight excluding hydrogens is 270 g/mol. The topological polar surface area (TPSA) is 54.0 Å². The molecule has 2 aliphatic rings. The molecule has 1 N–H and O–H groups in total. The van der Waals surface area contributed by atoms with Crippen molar-refractivity contribution < 1.29 is 14.3 Å². The molecule has 2 heterocycles. The molecule has 2 aliphatic heterocycles. The molecule has 6 heteroatoms. The van der Waals surface area contributed by atoms with E-state index in [9.17, 15) is 4.79 Å². The fraction of sp³-hybridized carbons (Fsp3) is 0.933. The van der Waals surface area contributed by atoms with Gasteiger partial charge in [0.15, 0.2) is 0 Å². The first-order valence-electron chi connectivity index (χ1n) is 8.05. The molecule has 0 aromatic carbocycles. The second kappa shape index (κ2) is 8.68. The number of carbonyl (C=O) groups is 1. The number of nitrogens with one attached hydrogen (secondary N) is 1. The van der Waals surface area contributed by atoms with Crippen LogP contribution in [0.4, 0.5) is 0 Å². The predicted molar refractivity (Wildman–Crippen MR) is 81.3 cm³/mol. The maximum absolute atomic E-state index is 12.6. The third-order valence-electron chi connectivity index (χ3n) is 4.43. The van der Waals surface area contributed by atoms with E-state index in [1.54, 1.807) is 7.11 Å². The molecule has 2 saturated heterocycles. The maximum atomic E-state index is 12.6. The van der Waals surface area contributed by atoms with Crippen molar-refractivity contribution in [2.45, 2.75) is 31.8 Å². The van der Waals surface area contributed by atoms with Crippen molar-refractivity contribution in [3.63, 3.8) is 0 Å². The molecule has 122 valence electrons. The molecule has 21 heavy (non-hydrogen) atoms. The van der Waals surface area contributed by atoms with Gasteiger partial charge in [0.2, 0.25) is 5.91 Å². The van der Waals surface area contributed by atoms with Crippen LogP contribution in [-0.4, -0.2) is 87.4 Å². The molecule has 0 aliphatic carbocycles. The van der Waals surface area contributed by atoms with Crippen LogP contribution in [-0.2, 0) is 14.3 Å². The summed E-state index contributed by atoms with van der Waals surface area (Å²) in [6.07, 6.45) is 2.43. The number of hydrogen-bond donors (Lipinski definition) is 1. The normalized spacial score (nSPS) is 24.5. The largest absolute Gasteiger partial charge is 0.383 e. The van der Waals surface area contributed by atoms with E-state index >= 15 is 0 Å². The number of ether oxygens (including phenoxy) is 2. The molecule has 0 radical (unpaired) electrons. The fourth-order valence-electron chi connectivity index (χ4n) is 3.05. The van der Waals surface area contributed by atoms with Gasteiger partial charge < -0.3 is 19.7 Å². The van der Waals surface area contributed by atoms with E-state index < -0.39 is 0 Å². The van der Waals surface area contributed by atoms with E-state index in [0.29, 0.717) is 39.0 Å². The van der Waals surface area contributed by atoms with Gasteiger partial charge in [0.25, 0.3) is 0 Å². The highest BCUT2D eigenvalue weighted by Crippen LogP contribution is 2.12. The number of methoxy groups -OCH3 is 1. The van der Waals surface area contributed by atoms with Gasteiger partial charge >= 0.3 is 0 Å². The number of rotatable bonds is 7. The number of carbonyl (C=O) groups excluding carboxylic acids is 1. The zero-order valence-corrected chi connectivity index (χ0v) is 13.3. The van der Waals surface area contributed by atoms with Gasteiger partial charge in [-0.2, -0.15) is 0 Å². The van der Waals surface area contributed by atoms with Gasteiger partial charge in [-0.25, -0.2) is 0 Å². The average molecular weight is 299 g/mol. The SMILES string of the molecule is COCCN(CC1CCCN1)C(C)C(=O)N1CCOCC1. The third kappa shape index (κ3) is 4.92. The van der Waals surface area contributed by atoms with E-state index in [1.807, 2.05) is 11.8 Å². The summed E-state index contributed by atoms with van der Waals surface area (Å²) in [7, 11) is 1.71. The van der Waals surface area contributed by atoms with Crippen LogP contribution in [0.1, 0.15) is 19.8 Å². The first-order valence-corrected chi connectivity index (χ1v) is 8.05. The molecule has 1 amide bonds. The van der Waals surface area contributed by atoms with Crippen molar-refractivity contribution in [2.24, 2.45) is 0 Å². The Morgan fingerprint density at radius 2 is 2.24 bits per heavy atom. The predicted octanol–water partition coefficient (Wildman–Crippen LogP) is -0.0659. The molecule has 2 fully saturated rings. The number of nitrogens with zero attached hydrogens (tertiary/aromatic N) is 2. The maximum Gasteiger partial charge on any atom is 0.239 e. The zero-order valence-electron chi connectivity index (χ0n) is 13.3. The molecule has 2 atom stereocenters. The van der Waals surface area contributed by atoms with E-state index in [4.69, 9.17) is 9.47 Å². The average Bonchev–Trinajstić information content (AvgIpc) is 3.04. The Morgan fingerprint density at radius 3 is 2.86 bits per heavy atom. The monoisotopic (exact) mass is 299 g/mol. The Morgan fingerprint density at radius 1 is 1.48 bits per heavy atom. The summed E-state index contributed by atoms with van der Waals surface area (Å²) in [5.74, 6) is 0.215. The van der Waals surface area contributed by atoms with Gasteiger partial charge in [-0.3, -0.25) is 9.69 Å². The van der Waals surface area contributed by atoms with Gasteiger partial charge in [-0.05, 0) is 26.3 Å². The molecule has 0 aromatic rings. The number of morpholine rings is 1. The lowest BCUT2D eigenvalue weighted by molar-refractivity contribution is -0.140. The second-order valence-electron chi connectivity index (χ2n) is 5.89. The van der Waals surface area contributed by atoms with Crippen molar-refractivity contribution in [1.82, 2.24) is 15.1 Å². The molecule has 0 saturated carbocycles. The second-order valence-corrected chi connectivity index (χ2v) is 5.89. The minimum Gasteiger partial charge on any atom is -0.383 e. The first-order chi connectivity index (χ1) is 10.2. The van der Waals surface area contributed by atoms with Crippen LogP contribution in [0.2, 0.25) is 0 Å². The van der Waals surface area contributed by atoms with Gasteiger partial charge in [0.1, 0.15) is 0 Å². The number of hydrogen-bond acceptors (Lipinski definition) is 5. The van der Waals surface area contributed by atoms with Crippen molar-refractivity contribution in [3.8, 4) is 0 Å². The Bertz CT molecular complexity index is 315. The quantitative estimate of drug-likeness (QED) is 0.713. The first kappa shape index (κ1) is 16.7. The third-order valence-corrected chi connectivity index (χ3v) is 4.43. The molecule has 0 bridgehead atoms. The van der Waals surface area contributed by atoms with Gasteiger partial charge in [0.05, 0.1) is 25.9 Å². The molecule has 0 spiro atoms. The fourth-order valence-corrected chi connectivity index (χ4v) is 3.05. The van der Waals surface area contributed by atoms with Crippen LogP contribution in [0.15, 0.2) is 0 Å². The van der Waals surface area contributed by atoms with Crippen LogP contribution >= 0.6 is 0 Å². The summed E-state index contributed by atoms with van der Waals surface area (Å²) in [5.41, 5.74) is 0. The van der Waals surface area contributed by atoms with Crippen LogP contribution < -0.4 is 5.32 Å². The highest BCUT2D eigenvalue weighted by molar-refractivity contribution is 5.81. The molecule has 6 nitrogen and oxygen atoms in total. The Balaban J connectivity index is 1.90. The smallest absolute Gasteiger partial charge is 0.239 e. The summed E-state index contributed by atoms with van der Waals surface area (Å²) >= 11 is 0.